The molecule has 8 heteroatoms. The highest BCUT2D eigenvalue weighted by molar-refractivity contribution is 5.78. The van der Waals surface area contributed by atoms with Crippen LogP contribution in [0.3, 0.4) is 0 Å². The first kappa shape index (κ1) is 15.2. The van der Waals surface area contributed by atoms with Crippen LogP contribution in [0.1, 0.15) is 11.6 Å². The van der Waals surface area contributed by atoms with Crippen molar-refractivity contribution in [3.63, 3.8) is 0 Å². The fourth-order valence-corrected chi connectivity index (χ4v) is 1.28. The van der Waals surface area contributed by atoms with E-state index >= 15 is 0 Å². The molecule has 0 saturated heterocycles. The van der Waals surface area contributed by atoms with Crippen molar-refractivity contribution in [3.8, 4) is 5.75 Å². The molecule has 0 aliphatic heterocycles. The maximum atomic E-state index is 12.8. The second kappa shape index (κ2) is 5.87. The Labute approximate surface area is 106 Å². The smallest absolute Gasteiger partial charge is 0.461 e. The highest BCUT2D eigenvalue weighted by atomic mass is 19.3. The van der Waals surface area contributed by atoms with Crippen LogP contribution in [0, 0.1) is 0 Å². The Morgan fingerprint density at radius 1 is 1.32 bits per heavy atom. The molecule has 0 heterocycles. The lowest BCUT2D eigenvalue weighted by Gasteiger charge is -2.20. The summed E-state index contributed by atoms with van der Waals surface area (Å²) in [6, 6.07) is 3.48. The predicted molar refractivity (Wildman–Crippen MR) is 57.0 cm³/mol. The van der Waals surface area contributed by atoms with Crippen LogP contribution >= 0.6 is 0 Å². The summed E-state index contributed by atoms with van der Waals surface area (Å²) in [6.07, 6.45) is -8.68. The first-order valence-electron chi connectivity index (χ1n) is 5.07. The molecule has 106 valence electrons. The van der Waals surface area contributed by atoms with E-state index in [1.807, 2.05) is 0 Å². The van der Waals surface area contributed by atoms with Gasteiger partial charge in [-0.3, -0.25) is 4.79 Å². The van der Waals surface area contributed by atoms with Crippen LogP contribution < -0.4 is 10.5 Å². The number of methoxy groups -OCH3 is 1. The molecule has 0 radical (unpaired) electrons. The first-order chi connectivity index (χ1) is 8.79. The summed E-state index contributed by atoms with van der Waals surface area (Å²) >= 11 is 0. The summed E-state index contributed by atoms with van der Waals surface area (Å²) in [5.74, 6) is -1.51. The second-order valence-corrected chi connectivity index (χ2v) is 3.50. The molecule has 0 unspecified atom stereocenters. The summed E-state index contributed by atoms with van der Waals surface area (Å²) in [5.41, 5.74) is 5.29. The lowest BCUT2D eigenvalue weighted by molar-refractivity contribution is -0.253. The highest BCUT2D eigenvalue weighted by Gasteiger charge is 2.44. The van der Waals surface area contributed by atoms with Gasteiger partial charge < -0.3 is 15.2 Å². The van der Waals surface area contributed by atoms with E-state index in [0.717, 1.165) is 13.2 Å². The van der Waals surface area contributed by atoms with Gasteiger partial charge in [0, 0.05) is 5.56 Å². The summed E-state index contributed by atoms with van der Waals surface area (Å²) in [5, 5.41) is 0. The van der Waals surface area contributed by atoms with Crippen LogP contribution in [0.2, 0.25) is 0 Å². The summed E-state index contributed by atoms with van der Waals surface area (Å²) in [4.78, 5) is 11.2. The van der Waals surface area contributed by atoms with Crippen molar-refractivity contribution in [2.24, 2.45) is 5.73 Å². The number of nitrogens with two attached hydrogens (primary N) is 1. The Morgan fingerprint density at radius 2 is 1.89 bits per heavy atom. The van der Waals surface area contributed by atoms with E-state index in [9.17, 15) is 22.4 Å². The number of carbonyl (C=O) groups excluding carboxylic acids is 1. The van der Waals surface area contributed by atoms with E-state index in [0.29, 0.717) is 0 Å². The number of para-hydroxylation sites is 1. The number of ether oxygens (including phenoxy) is 2. The standard InChI is InChI=1S/C11H11F4NO3/c1-18-9(17)8(16)6-4-2-3-5-7(6)19-11(14,15)10(12)13/h2-5,8,10H,16H2,1H3/t8-/m1/s1. The number of benzene rings is 1. The third kappa shape index (κ3) is 3.57. The molecule has 1 atom stereocenters. The van der Waals surface area contributed by atoms with Gasteiger partial charge in [-0.2, -0.15) is 17.6 Å². The number of hydrogen-bond acceptors (Lipinski definition) is 4. The number of halogens is 4. The minimum Gasteiger partial charge on any atom is -0.468 e. The van der Waals surface area contributed by atoms with Crippen molar-refractivity contribution in [2.45, 2.75) is 18.6 Å². The Morgan fingerprint density at radius 3 is 2.42 bits per heavy atom. The van der Waals surface area contributed by atoms with Crippen LogP contribution in [0.25, 0.3) is 0 Å². The van der Waals surface area contributed by atoms with E-state index in [4.69, 9.17) is 5.73 Å². The van der Waals surface area contributed by atoms with Crippen LogP contribution in [-0.4, -0.2) is 25.6 Å². The van der Waals surface area contributed by atoms with Crippen molar-refractivity contribution in [1.29, 1.82) is 0 Å². The third-order valence-electron chi connectivity index (χ3n) is 2.21. The second-order valence-electron chi connectivity index (χ2n) is 3.50. The molecule has 19 heavy (non-hydrogen) atoms. The number of carbonyl (C=O) groups is 1. The Bertz CT molecular complexity index is 453. The number of esters is 1. The van der Waals surface area contributed by atoms with Crippen molar-refractivity contribution in [1.82, 2.24) is 0 Å². The number of hydrogen-bond donors (Lipinski definition) is 1. The highest BCUT2D eigenvalue weighted by Crippen LogP contribution is 2.32. The zero-order chi connectivity index (χ0) is 14.6. The fraction of sp³-hybridized carbons (Fsp3) is 0.364. The minimum absolute atomic E-state index is 0.172. The van der Waals surface area contributed by atoms with Crippen molar-refractivity contribution >= 4 is 5.97 Å². The van der Waals surface area contributed by atoms with E-state index in [1.54, 1.807) is 0 Å². The average molecular weight is 281 g/mol. The molecule has 0 spiro atoms. The molecule has 1 aromatic rings. The van der Waals surface area contributed by atoms with Gasteiger partial charge >= 0.3 is 18.5 Å². The summed E-state index contributed by atoms with van der Waals surface area (Å²) < 4.78 is 58.1. The molecule has 4 nitrogen and oxygen atoms in total. The molecule has 0 saturated carbocycles. The van der Waals surface area contributed by atoms with Gasteiger partial charge in [0.15, 0.2) is 0 Å². The van der Waals surface area contributed by atoms with Gasteiger partial charge in [-0.25, -0.2) is 0 Å². The molecule has 0 aliphatic carbocycles. The molecule has 0 aliphatic rings. The van der Waals surface area contributed by atoms with E-state index in [2.05, 4.69) is 9.47 Å². The summed E-state index contributed by atoms with van der Waals surface area (Å²) in [6.45, 7) is 0. The quantitative estimate of drug-likeness (QED) is 0.663. The van der Waals surface area contributed by atoms with Gasteiger partial charge in [0.2, 0.25) is 0 Å². The Hall–Kier alpha value is -1.83. The fourth-order valence-electron chi connectivity index (χ4n) is 1.28. The zero-order valence-electron chi connectivity index (χ0n) is 9.78. The Kier molecular flexibility index (Phi) is 4.71. The minimum atomic E-state index is -4.67. The average Bonchev–Trinajstić information content (AvgIpc) is 2.37. The molecule has 0 amide bonds. The van der Waals surface area contributed by atoms with Gasteiger partial charge in [0.1, 0.15) is 11.8 Å². The molecule has 1 rings (SSSR count). The topological polar surface area (TPSA) is 61.5 Å². The zero-order valence-corrected chi connectivity index (χ0v) is 9.78. The van der Waals surface area contributed by atoms with Gasteiger partial charge in [-0.1, -0.05) is 18.2 Å². The maximum Gasteiger partial charge on any atom is 0.461 e. The summed E-state index contributed by atoms with van der Waals surface area (Å²) in [7, 11) is 1.05. The monoisotopic (exact) mass is 281 g/mol. The van der Waals surface area contributed by atoms with E-state index < -0.39 is 30.3 Å². The molecule has 0 fully saturated rings. The lowest BCUT2D eigenvalue weighted by atomic mass is 10.1. The Balaban J connectivity index is 3.06. The lowest BCUT2D eigenvalue weighted by Crippen LogP contribution is -2.34. The SMILES string of the molecule is COC(=O)[C@H](N)c1ccccc1OC(F)(F)C(F)F. The van der Waals surface area contributed by atoms with Crippen molar-refractivity contribution in [2.75, 3.05) is 7.11 Å². The van der Waals surface area contributed by atoms with E-state index in [-0.39, 0.29) is 5.56 Å². The van der Waals surface area contributed by atoms with Crippen molar-refractivity contribution < 1.29 is 31.8 Å². The van der Waals surface area contributed by atoms with Crippen LogP contribution in [0.4, 0.5) is 17.6 Å². The first-order valence-corrected chi connectivity index (χ1v) is 5.07. The van der Waals surface area contributed by atoms with Crippen LogP contribution in [-0.2, 0) is 9.53 Å². The molecule has 2 N–H and O–H groups in total. The molecule has 0 aromatic heterocycles. The van der Waals surface area contributed by atoms with Gasteiger partial charge in [-0.05, 0) is 6.07 Å². The third-order valence-corrected chi connectivity index (χ3v) is 2.21. The normalized spacial score (nSPS) is 13.2. The molecule has 0 bridgehead atoms. The maximum absolute atomic E-state index is 12.8. The number of rotatable bonds is 5. The number of alkyl halides is 4. The van der Waals surface area contributed by atoms with Gasteiger partial charge in [0.05, 0.1) is 7.11 Å². The molecular formula is C11H11F4NO3. The van der Waals surface area contributed by atoms with E-state index in [1.165, 1.54) is 18.2 Å². The molecule has 1 aromatic carbocycles. The van der Waals surface area contributed by atoms with Gasteiger partial charge in [0.25, 0.3) is 0 Å². The predicted octanol–water partition coefficient (Wildman–Crippen LogP) is 2.10. The van der Waals surface area contributed by atoms with Gasteiger partial charge in [-0.15, -0.1) is 0 Å². The van der Waals surface area contributed by atoms with Crippen molar-refractivity contribution in [3.05, 3.63) is 29.8 Å². The van der Waals surface area contributed by atoms with Crippen LogP contribution in [0.5, 0.6) is 5.75 Å². The molecular weight excluding hydrogens is 270 g/mol. The largest absolute Gasteiger partial charge is 0.468 e. The van der Waals surface area contributed by atoms with Crippen LogP contribution in [0.15, 0.2) is 24.3 Å².